The summed E-state index contributed by atoms with van der Waals surface area (Å²) in [6, 6.07) is 0.489. The van der Waals surface area contributed by atoms with Gasteiger partial charge in [0.1, 0.15) is 6.10 Å². The number of likely N-dealkylation sites (N-methyl/N-ethyl adjacent to an activating group) is 1. The number of rotatable bonds is 3. The topological polar surface area (TPSA) is 30.5 Å². The van der Waals surface area contributed by atoms with Gasteiger partial charge in [0.15, 0.2) is 0 Å². The van der Waals surface area contributed by atoms with Gasteiger partial charge < -0.3 is 14.8 Å². The fourth-order valence-corrected chi connectivity index (χ4v) is 2.60. The number of nitrogens with one attached hydrogen (secondary N) is 1. The minimum absolute atomic E-state index is 0.352. The van der Waals surface area contributed by atoms with E-state index in [0.717, 1.165) is 13.2 Å². The van der Waals surface area contributed by atoms with Crippen molar-refractivity contribution in [1.29, 1.82) is 0 Å². The summed E-state index contributed by atoms with van der Waals surface area (Å²) in [4.78, 5) is 0. The summed E-state index contributed by atoms with van der Waals surface area (Å²) in [5.41, 5.74) is 0.365. The summed E-state index contributed by atoms with van der Waals surface area (Å²) in [7, 11) is 2.03. The summed E-state index contributed by atoms with van der Waals surface area (Å²) in [6.07, 6.45) is 3.15. The molecule has 0 radical (unpaired) electrons. The molecule has 1 heterocycles. The molecule has 1 saturated heterocycles. The second-order valence-corrected chi connectivity index (χ2v) is 5.13. The number of ether oxygens (including phenoxy) is 2. The van der Waals surface area contributed by atoms with Crippen LogP contribution in [0.3, 0.4) is 0 Å². The minimum Gasteiger partial charge on any atom is -0.376 e. The fraction of sp³-hybridized carbons (Fsp3) is 1.00. The Morgan fingerprint density at radius 3 is 2.57 bits per heavy atom. The van der Waals surface area contributed by atoms with Gasteiger partial charge in [-0.15, -0.1) is 0 Å². The molecule has 1 saturated carbocycles. The molecule has 0 aromatic rings. The van der Waals surface area contributed by atoms with Crippen molar-refractivity contribution >= 4 is 0 Å². The SMILES string of the molecule is CNC1C(OC2COC2)CCC1(C)C. The summed E-state index contributed by atoms with van der Waals surface area (Å²) in [6.45, 7) is 6.20. The highest BCUT2D eigenvalue weighted by Crippen LogP contribution is 2.39. The highest BCUT2D eigenvalue weighted by Gasteiger charge is 2.43. The minimum atomic E-state index is 0.352. The maximum atomic E-state index is 6.00. The zero-order valence-corrected chi connectivity index (χ0v) is 9.38. The molecule has 0 bridgehead atoms. The lowest BCUT2D eigenvalue weighted by Gasteiger charge is -2.34. The van der Waals surface area contributed by atoms with Gasteiger partial charge in [-0.2, -0.15) is 0 Å². The molecule has 2 unspecified atom stereocenters. The van der Waals surface area contributed by atoms with Crippen molar-refractivity contribution < 1.29 is 9.47 Å². The summed E-state index contributed by atoms with van der Waals surface area (Å²) < 4.78 is 11.1. The van der Waals surface area contributed by atoms with Crippen LogP contribution in [0.15, 0.2) is 0 Å². The first-order chi connectivity index (χ1) is 6.63. The largest absolute Gasteiger partial charge is 0.376 e. The van der Waals surface area contributed by atoms with Crippen LogP contribution >= 0.6 is 0 Å². The molecule has 3 nitrogen and oxygen atoms in total. The van der Waals surface area contributed by atoms with E-state index in [1.54, 1.807) is 0 Å². The Hall–Kier alpha value is -0.120. The molecule has 0 amide bonds. The first kappa shape index (κ1) is 10.4. The van der Waals surface area contributed by atoms with E-state index >= 15 is 0 Å². The van der Waals surface area contributed by atoms with Crippen LogP contribution in [0.25, 0.3) is 0 Å². The molecule has 2 atom stereocenters. The third kappa shape index (κ3) is 1.81. The lowest BCUT2D eigenvalue weighted by molar-refractivity contribution is -0.158. The first-order valence-electron chi connectivity index (χ1n) is 5.54. The Kier molecular flexibility index (Phi) is 2.82. The van der Waals surface area contributed by atoms with Crippen molar-refractivity contribution in [3.8, 4) is 0 Å². The molecule has 0 aromatic carbocycles. The normalized spacial score (nSPS) is 37.1. The van der Waals surface area contributed by atoms with E-state index in [9.17, 15) is 0 Å². The molecule has 3 heteroatoms. The summed E-state index contributed by atoms with van der Waals surface area (Å²) in [5.74, 6) is 0. The lowest BCUT2D eigenvalue weighted by Crippen LogP contribution is -2.48. The van der Waals surface area contributed by atoms with E-state index in [1.807, 2.05) is 7.05 Å². The van der Waals surface area contributed by atoms with E-state index in [0.29, 0.717) is 23.7 Å². The van der Waals surface area contributed by atoms with Crippen molar-refractivity contribution in [3.05, 3.63) is 0 Å². The zero-order valence-electron chi connectivity index (χ0n) is 9.38. The van der Waals surface area contributed by atoms with Crippen molar-refractivity contribution in [2.24, 2.45) is 5.41 Å². The molecule has 2 rings (SSSR count). The molecule has 82 valence electrons. The highest BCUT2D eigenvalue weighted by molar-refractivity contribution is 4.97. The van der Waals surface area contributed by atoms with Crippen LogP contribution in [-0.4, -0.2) is 38.5 Å². The van der Waals surface area contributed by atoms with Gasteiger partial charge in [0.05, 0.1) is 19.3 Å². The molecular weight excluding hydrogens is 178 g/mol. The molecule has 14 heavy (non-hydrogen) atoms. The Morgan fingerprint density at radius 2 is 2.07 bits per heavy atom. The van der Waals surface area contributed by atoms with E-state index in [4.69, 9.17) is 9.47 Å². The van der Waals surface area contributed by atoms with Crippen molar-refractivity contribution in [2.45, 2.75) is 44.9 Å². The van der Waals surface area contributed by atoms with Crippen molar-refractivity contribution in [2.75, 3.05) is 20.3 Å². The molecule has 1 N–H and O–H groups in total. The van der Waals surface area contributed by atoms with Crippen LogP contribution in [-0.2, 0) is 9.47 Å². The smallest absolute Gasteiger partial charge is 0.105 e. The molecular formula is C11H21NO2. The predicted octanol–water partition coefficient (Wildman–Crippen LogP) is 1.18. The summed E-state index contributed by atoms with van der Waals surface area (Å²) in [5, 5.41) is 3.39. The number of hydrogen-bond donors (Lipinski definition) is 1. The van der Waals surface area contributed by atoms with E-state index < -0.39 is 0 Å². The Morgan fingerprint density at radius 1 is 1.36 bits per heavy atom. The standard InChI is InChI=1S/C11H21NO2/c1-11(2)5-4-9(10(11)12-3)14-8-6-13-7-8/h8-10,12H,4-7H2,1-3H3. The molecule has 0 spiro atoms. The third-order valence-corrected chi connectivity index (χ3v) is 3.57. The molecule has 0 aromatic heterocycles. The van der Waals surface area contributed by atoms with Crippen LogP contribution in [0.2, 0.25) is 0 Å². The Labute approximate surface area is 86.2 Å². The van der Waals surface area contributed by atoms with Gasteiger partial charge in [0.2, 0.25) is 0 Å². The van der Waals surface area contributed by atoms with Crippen molar-refractivity contribution in [3.63, 3.8) is 0 Å². The fourth-order valence-electron chi connectivity index (χ4n) is 2.60. The lowest BCUT2D eigenvalue weighted by atomic mass is 9.87. The number of hydrogen-bond acceptors (Lipinski definition) is 3. The van der Waals surface area contributed by atoms with Crippen LogP contribution < -0.4 is 5.32 Å². The monoisotopic (exact) mass is 199 g/mol. The van der Waals surface area contributed by atoms with Gasteiger partial charge in [0.25, 0.3) is 0 Å². The zero-order chi connectivity index (χ0) is 10.2. The first-order valence-corrected chi connectivity index (χ1v) is 5.54. The average molecular weight is 199 g/mol. The van der Waals surface area contributed by atoms with Gasteiger partial charge in [-0.25, -0.2) is 0 Å². The van der Waals surface area contributed by atoms with Crippen LogP contribution in [0, 0.1) is 5.41 Å². The average Bonchev–Trinajstić information content (AvgIpc) is 2.33. The van der Waals surface area contributed by atoms with E-state index in [2.05, 4.69) is 19.2 Å². The molecule has 1 aliphatic carbocycles. The van der Waals surface area contributed by atoms with E-state index in [-0.39, 0.29) is 0 Å². The quantitative estimate of drug-likeness (QED) is 0.740. The maximum absolute atomic E-state index is 6.00. The van der Waals surface area contributed by atoms with Gasteiger partial charge in [-0.05, 0) is 25.3 Å². The van der Waals surface area contributed by atoms with Gasteiger partial charge in [0, 0.05) is 6.04 Å². The van der Waals surface area contributed by atoms with Crippen LogP contribution in [0.4, 0.5) is 0 Å². The molecule has 2 fully saturated rings. The van der Waals surface area contributed by atoms with Gasteiger partial charge in [-0.3, -0.25) is 0 Å². The second kappa shape index (κ2) is 3.80. The Balaban J connectivity index is 1.91. The maximum Gasteiger partial charge on any atom is 0.105 e. The predicted molar refractivity (Wildman–Crippen MR) is 55.3 cm³/mol. The third-order valence-electron chi connectivity index (χ3n) is 3.57. The van der Waals surface area contributed by atoms with E-state index in [1.165, 1.54) is 12.8 Å². The van der Waals surface area contributed by atoms with Crippen LogP contribution in [0.5, 0.6) is 0 Å². The Bertz CT molecular complexity index is 201. The molecule has 1 aliphatic heterocycles. The molecule has 2 aliphatic rings. The van der Waals surface area contributed by atoms with Crippen molar-refractivity contribution in [1.82, 2.24) is 5.32 Å². The van der Waals surface area contributed by atoms with Gasteiger partial charge in [-0.1, -0.05) is 13.8 Å². The summed E-state index contributed by atoms with van der Waals surface area (Å²) >= 11 is 0. The second-order valence-electron chi connectivity index (χ2n) is 5.13. The van der Waals surface area contributed by atoms with Crippen LogP contribution in [0.1, 0.15) is 26.7 Å². The highest BCUT2D eigenvalue weighted by atomic mass is 16.6. The van der Waals surface area contributed by atoms with Gasteiger partial charge >= 0.3 is 0 Å².